The third kappa shape index (κ3) is 7.48. The molecule has 1 aromatic heterocycles. The monoisotopic (exact) mass is 943 g/mol. The van der Waals surface area contributed by atoms with Gasteiger partial charge in [0.05, 0.1) is 11.3 Å². The maximum atomic E-state index is 16.5. The van der Waals surface area contributed by atoms with E-state index in [1.807, 2.05) is 11.3 Å². The molecule has 4 aliphatic rings. The summed E-state index contributed by atoms with van der Waals surface area (Å²) in [5.41, 5.74) is 16.2. The van der Waals surface area contributed by atoms with Crippen LogP contribution in [0.15, 0.2) is 157 Å². The second-order valence-electron chi connectivity index (χ2n) is 23.6. The molecule has 3 nitrogen and oxygen atoms in total. The summed E-state index contributed by atoms with van der Waals surface area (Å²) in [7, 11) is 0. The Labute approximate surface area is 419 Å². The molecule has 1 unspecified atom stereocenters. The fourth-order valence-electron chi connectivity index (χ4n) is 12.1. The van der Waals surface area contributed by atoms with Gasteiger partial charge in [-0.25, -0.2) is 8.78 Å². The number of halogens is 2. The summed E-state index contributed by atoms with van der Waals surface area (Å²) in [6.07, 6.45) is 7.70. The molecule has 7 aromatic rings. The van der Waals surface area contributed by atoms with E-state index in [1.54, 1.807) is 0 Å². The van der Waals surface area contributed by atoms with E-state index in [9.17, 15) is 0 Å². The Morgan fingerprint density at radius 3 is 1.81 bits per heavy atom. The van der Waals surface area contributed by atoms with Crippen LogP contribution in [0.4, 0.5) is 54.3 Å². The molecule has 3 heterocycles. The van der Waals surface area contributed by atoms with Crippen LogP contribution in [0, 0.1) is 23.0 Å². The van der Waals surface area contributed by atoms with Gasteiger partial charge in [0, 0.05) is 55.2 Å². The van der Waals surface area contributed by atoms with Crippen LogP contribution in [0.3, 0.4) is 0 Å². The predicted molar refractivity (Wildman–Crippen MR) is 296 cm³/mol. The second-order valence-corrected chi connectivity index (χ2v) is 24.6. The lowest BCUT2D eigenvalue weighted by atomic mass is 9.36. The third-order valence-electron chi connectivity index (χ3n) is 15.7. The van der Waals surface area contributed by atoms with Gasteiger partial charge in [-0.05, 0) is 153 Å². The molecule has 0 bridgehead atoms. The SMILES string of the molecule is CC1CC(N2c3cc(-c4c(F)cccc4F)cc4c3B(c3ccc(N(c5ccccc5)c5ccccc5)cc3N4c3ccc(C(C)(C)C)cc3)c3sc4c(c32)C(C)(C)CCC4(C)C)=CC=C1C(C)(C)C. The summed E-state index contributed by atoms with van der Waals surface area (Å²) in [5.74, 6) is -0.865. The fourth-order valence-corrected chi connectivity index (χ4v) is 13.8. The van der Waals surface area contributed by atoms with Crippen LogP contribution < -0.4 is 30.4 Å². The van der Waals surface area contributed by atoms with Gasteiger partial charge in [0.1, 0.15) is 11.6 Å². The molecule has 7 heteroatoms. The summed E-state index contributed by atoms with van der Waals surface area (Å²) < 4.78 is 34.4. The molecular weight excluding hydrogens is 880 g/mol. The standard InChI is InChI=1S/C63H64BF2N3S/c1-39-35-45(29-31-47(39)61(5,6)7)69-53-37-40(54-49(65)23-18-24-50(54)66)36-52-56(53)64(59-57(69)55-58(70-59)63(10,11)34-33-62(55,8)9)48-32-30-46(67(42-19-14-12-15-20-42)43-21-16-13-17-22-43)38-51(48)68(52)44-27-25-41(26-28-44)60(2,3)4/h12-32,36-39H,33-35H2,1-11H3. The predicted octanol–water partition coefficient (Wildman–Crippen LogP) is 16.5. The zero-order valence-electron chi connectivity index (χ0n) is 42.6. The highest BCUT2D eigenvalue weighted by molar-refractivity contribution is 7.29. The molecule has 1 atom stereocenters. The third-order valence-corrected chi connectivity index (χ3v) is 17.3. The van der Waals surface area contributed by atoms with E-state index in [-0.39, 0.29) is 39.9 Å². The number of rotatable bonds is 6. The van der Waals surface area contributed by atoms with E-state index < -0.39 is 11.6 Å². The fraction of sp³-hybridized carbons (Fsp3) is 0.302. The Morgan fingerprint density at radius 1 is 0.629 bits per heavy atom. The Bertz CT molecular complexity index is 3200. The normalized spacial score (nSPS) is 17.8. The van der Waals surface area contributed by atoms with Crippen molar-refractivity contribution in [1.82, 2.24) is 0 Å². The lowest BCUT2D eigenvalue weighted by molar-refractivity contribution is 0.339. The molecule has 70 heavy (non-hydrogen) atoms. The molecule has 0 amide bonds. The number of fused-ring (bicyclic) bond motifs is 6. The highest BCUT2D eigenvalue weighted by atomic mass is 32.1. The zero-order chi connectivity index (χ0) is 49.2. The van der Waals surface area contributed by atoms with Crippen LogP contribution in [-0.2, 0) is 16.2 Å². The molecule has 0 N–H and O–H groups in total. The molecule has 354 valence electrons. The van der Waals surface area contributed by atoms with Gasteiger partial charge in [-0.15, -0.1) is 0 Å². The van der Waals surface area contributed by atoms with Gasteiger partial charge in [-0.2, -0.15) is 11.3 Å². The molecule has 0 saturated carbocycles. The van der Waals surface area contributed by atoms with Gasteiger partial charge in [0.15, 0.2) is 0 Å². The second kappa shape index (κ2) is 16.4. The lowest BCUT2D eigenvalue weighted by Gasteiger charge is -2.47. The van der Waals surface area contributed by atoms with Gasteiger partial charge in [-0.1, -0.05) is 148 Å². The number of thiophene rings is 1. The highest BCUT2D eigenvalue weighted by Crippen LogP contribution is 2.57. The van der Waals surface area contributed by atoms with Gasteiger partial charge < -0.3 is 14.7 Å². The first-order valence-corrected chi connectivity index (χ1v) is 26.0. The first kappa shape index (κ1) is 46.2. The lowest BCUT2D eigenvalue weighted by Crippen LogP contribution is -2.61. The number of hydrogen-bond acceptors (Lipinski definition) is 4. The molecule has 11 rings (SSSR count). The topological polar surface area (TPSA) is 9.72 Å². The number of anilines is 8. The molecule has 6 aromatic carbocycles. The van der Waals surface area contributed by atoms with Crippen LogP contribution in [-0.4, -0.2) is 6.71 Å². The number of allylic oxidation sites excluding steroid dienone is 4. The van der Waals surface area contributed by atoms with Crippen molar-refractivity contribution in [3.63, 3.8) is 0 Å². The molecule has 2 aliphatic heterocycles. The highest BCUT2D eigenvalue weighted by Gasteiger charge is 2.51. The Balaban J connectivity index is 1.28. The van der Waals surface area contributed by atoms with E-state index >= 15 is 8.78 Å². The van der Waals surface area contributed by atoms with E-state index in [0.717, 1.165) is 64.5 Å². The van der Waals surface area contributed by atoms with Crippen molar-refractivity contribution < 1.29 is 8.78 Å². The van der Waals surface area contributed by atoms with Crippen molar-refractivity contribution >= 4 is 79.3 Å². The minimum atomic E-state index is -0.577. The summed E-state index contributed by atoms with van der Waals surface area (Å²) in [5, 5.41) is 0. The Morgan fingerprint density at radius 2 is 1.23 bits per heavy atom. The van der Waals surface area contributed by atoms with Crippen molar-refractivity contribution in [3.8, 4) is 11.1 Å². The molecule has 0 saturated heterocycles. The van der Waals surface area contributed by atoms with Gasteiger partial charge in [-0.3, -0.25) is 0 Å². The molecule has 0 fully saturated rings. The van der Waals surface area contributed by atoms with E-state index in [2.05, 4.69) is 218 Å². The van der Waals surface area contributed by atoms with Crippen molar-refractivity contribution in [1.29, 1.82) is 0 Å². The minimum Gasteiger partial charge on any atom is -0.314 e. The Hall–Kier alpha value is -6.18. The maximum absolute atomic E-state index is 16.5. The first-order chi connectivity index (χ1) is 33.2. The summed E-state index contributed by atoms with van der Waals surface area (Å²) in [4.78, 5) is 8.72. The van der Waals surface area contributed by atoms with Crippen LogP contribution in [0.5, 0.6) is 0 Å². The van der Waals surface area contributed by atoms with Crippen LogP contribution >= 0.6 is 11.3 Å². The minimum absolute atomic E-state index is 0.0107. The van der Waals surface area contributed by atoms with E-state index in [1.165, 1.54) is 61.4 Å². The molecule has 0 radical (unpaired) electrons. The first-order valence-electron chi connectivity index (χ1n) is 25.2. The smallest absolute Gasteiger partial charge is 0.264 e. The van der Waals surface area contributed by atoms with Crippen molar-refractivity contribution in [2.75, 3.05) is 14.7 Å². The van der Waals surface area contributed by atoms with Crippen LogP contribution in [0.25, 0.3) is 11.1 Å². The van der Waals surface area contributed by atoms with Crippen molar-refractivity contribution in [3.05, 3.63) is 185 Å². The number of nitrogens with zero attached hydrogens (tertiary/aromatic N) is 3. The van der Waals surface area contributed by atoms with Gasteiger partial charge >= 0.3 is 0 Å². The molecule has 0 spiro atoms. The average Bonchev–Trinajstić information content (AvgIpc) is 3.74. The van der Waals surface area contributed by atoms with Crippen LogP contribution in [0.2, 0.25) is 0 Å². The van der Waals surface area contributed by atoms with Gasteiger partial charge in [0.25, 0.3) is 6.71 Å². The van der Waals surface area contributed by atoms with E-state index in [0.29, 0.717) is 5.56 Å². The molecular formula is C63H64BF2N3S. The summed E-state index contributed by atoms with van der Waals surface area (Å²) >= 11 is 2.00. The average molecular weight is 944 g/mol. The number of hydrogen-bond donors (Lipinski definition) is 0. The largest absolute Gasteiger partial charge is 0.314 e. The van der Waals surface area contributed by atoms with Crippen molar-refractivity contribution in [2.45, 2.75) is 112 Å². The van der Waals surface area contributed by atoms with Gasteiger partial charge in [0.2, 0.25) is 0 Å². The van der Waals surface area contributed by atoms with E-state index in [4.69, 9.17) is 0 Å². The van der Waals surface area contributed by atoms with Crippen molar-refractivity contribution in [2.24, 2.45) is 11.3 Å². The van der Waals surface area contributed by atoms with Crippen LogP contribution in [0.1, 0.15) is 111 Å². The number of para-hydroxylation sites is 2. The zero-order valence-corrected chi connectivity index (χ0v) is 43.5. The summed E-state index contributed by atoms with van der Waals surface area (Å²) in [6, 6.07) is 45.5. The number of benzene rings is 6. The summed E-state index contributed by atoms with van der Waals surface area (Å²) in [6.45, 7) is 25.6. The maximum Gasteiger partial charge on any atom is 0.264 e. The quantitative estimate of drug-likeness (QED) is 0.154. The Kier molecular flexibility index (Phi) is 10.9. The molecule has 2 aliphatic carbocycles.